The minimum atomic E-state index is -0.915. The van der Waals surface area contributed by atoms with Crippen molar-refractivity contribution in [3.63, 3.8) is 0 Å². The molecule has 6 nitrogen and oxygen atoms in total. The van der Waals surface area contributed by atoms with Crippen molar-refractivity contribution in [3.05, 3.63) is 95.1 Å². The van der Waals surface area contributed by atoms with Gasteiger partial charge in [0.2, 0.25) is 0 Å². The molecule has 2 N–H and O–H groups in total. The van der Waals surface area contributed by atoms with Gasteiger partial charge in [0, 0.05) is 30.7 Å². The molecular formula is C35H40N2O4. The van der Waals surface area contributed by atoms with Gasteiger partial charge < -0.3 is 19.7 Å². The van der Waals surface area contributed by atoms with E-state index in [0.29, 0.717) is 13.2 Å². The zero-order valence-electron chi connectivity index (χ0n) is 23.8. The van der Waals surface area contributed by atoms with E-state index in [-0.39, 0.29) is 18.2 Å². The molecule has 5 atom stereocenters. The summed E-state index contributed by atoms with van der Waals surface area (Å²) in [5.74, 6) is 1.62. The number of rotatable bonds is 8. The first-order valence-corrected chi connectivity index (χ1v) is 15.3. The van der Waals surface area contributed by atoms with E-state index in [1.165, 1.54) is 16.7 Å². The van der Waals surface area contributed by atoms with Crippen LogP contribution in [0.1, 0.15) is 54.4 Å². The molecule has 0 aromatic heterocycles. The number of hydrogen-bond donors (Lipinski definition) is 2. The van der Waals surface area contributed by atoms with Crippen LogP contribution in [0.3, 0.4) is 0 Å². The van der Waals surface area contributed by atoms with Crippen molar-refractivity contribution < 1.29 is 19.7 Å². The molecule has 3 aromatic carbocycles. The summed E-state index contributed by atoms with van der Waals surface area (Å²) in [5, 5.41) is 23.8. The molecule has 3 aromatic rings. The number of ether oxygens (including phenoxy) is 2. The molecule has 0 radical (unpaired) electrons. The molecule has 2 saturated carbocycles. The molecule has 2 heterocycles. The van der Waals surface area contributed by atoms with Crippen molar-refractivity contribution in [1.29, 1.82) is 0 Å². The van der Waals surface area contributed by atoms with Crippen LogP contribution in [0.5, 0.6) is 11.5 Å². The van der Waals surface area contributed by atoms with Gasteiger partial charge in [0.1, 0.15) is 12.7 Å². The van der Waals surface area contributed by atoms with E-state index >= 15 is 0 Å². The van der Waals surface area contributed by atoms with Gasteiger partial charge in [-0.3, -0.25) is 9.80 Å². The summed E-state index contributed by atoms with van der Waals surface area (Å²) < 4.78 is 13.5. The Balaban J connectivity index is 1.19. The van der Waals surface area contributed by atoms with E-state index < -0.39 is 16.6 Å². The fourth-order valence-electron chi connectivity index (χ4n) is 8.75. The van der Waals surface area contributed by atoms with Crippen LogP contribution in [-0.2, 0) is 25.0 Å². The van der Waals surface area contributed by atoms with Gasteiger partial charge in [-0.1, -0.05) is 66.7 Å². The number of hydrogen-bond acceptors (Lipinski definition) is 6. The molecular weight excluding hydrogens is 512 g/mol. The maximum atomic E-state index is 12.9. The van der Waals surface area contributed by atoms with Crippen LogP contribution in [0, 0.1) is 0 Å². The van der Waals surface area contributed by atoms with Gasteiger partial charge in [-0.15, -0.1) is 0 Å². The van der Waals surface area contributed by atoms with E-state index in [2.05, 4.69) is 71.4 Å². The van der Waals surface area contributed by atoms with Gasteiger partial charge in [0.15, 0.2) is 11.5 Å². The minimum absolute atomic E-state index is 0.0260. The predicted molar refractivity (Wildman–Crippen MR) is 157 cm³/mol. The quantitative estimate of drug-likeness (QED) is 0.431. The van der Waals surface area contributed by atoms with E-state index in [4.69, 9.17) is 9.47 Å². The van der Waals surface area contributed by atoms with Gasteiger partial charge in [-0.05, 0) is 74.9 Å². The van der Waals surface area contributed by atoms with E-state index in [9.17, 15) is 10.2 Å². The van der Waals surface area contributed by atoms with Gasteiger partial charge >= 0.3 is 0 Å². The molecule has 6 heteroatoms. The third-order valence-corrected chi connectivity index (χ3v) is 10.9. The second-order valence-corrected chi connectivity index (χ2v) is 13.3. The number of likely N-dealkylation sites (N-methyl/N-ethyl adjacent to an activating group) is 1. The Hall–Kier alpha value is -2.90. The largest absolute Gasteiger partial charge is 0.485 e. The Morgan fingerprint density at radius 2 is 1.66 bits per heavy atom. The van der Waals surface area contributed by atoms with Crippen LogP contribution in [0.25, 0.3) is 0 Å². The second kappa shape index (κ2) is 9.30. The highest BCUT2D eigenvalue weighted by Crippen LogP contribution is 2.66. The van der Waals surface area contributed by atoms with Crippen molar-refractivity contribution in [3.8, 4) is 11.5 Å². The second-order valence-electron chi connectivity index (χ2n) is 13.3. The van der Waals surface area contributed by atoms with E-state index in [1.807, 2.05) is 18.2 Å². The monoisotopic (exact) mass is 552 g/mol. The number of likely N-dealkylation sites (tertiary alicyclic amines) is 1. The van der Waals surface area contributed by atoms with Gasteiger partial charge in [0.25, 0.3) is 0 Å². The van der Waals surface area contributed by atoms with Crippen LogP contribution < -0.4 is 9.47 Å². The average Bonchev–Trinajstić information content (AvgIpc) is 3.60. The van der Waals surface area contributed by atoms with Crippen molar-refractivity contribution in [2.75, 3.05) is 20.1 Å². The average molecular weight is 553 g/mol. The van der Waals surface area contributed by atoms with Crippen LogP contribution >= 0.6 is 0 Å². The number of β-amino-alcohol motifs (C(OH)–C–C–N with tert-alkyl or cyclic N) is 1. The zero-order valence-corrected chi connectivity index (χ0v) is 23.8. The summed E-state index contributed by atoms with van der Waals surface area (Å²) in [6.45, 7) is 2.82. The molecule has 1 saturated heterocycles. The molecule has 3 aliphatic carbocycles. The molecule has 41 heavy (non-hydrogen) atoms. The van der Waals surface area contributed by atoms with E-state index in [1.54, 1.807) is 0 Å². The Kier molecular flexibility index (Phi) is 5.85. The first kappa shape index (κ1) is 25.8. The molecule has 0 amide bonds. The van der Waals surface area contributed by atoms with E-state index in [0.717, 1.165) is 68.7 Å². The number of aliphatic hydroxyl groups is 2. The minimum Gasteiger partial charge on any atom is -0.485 e. The number of nitrogens with zero attached hydrogens (tertiary/aromatic N) is 2. The van der Waals surface area contributed by atoms with Crippen molar-refractivity contribution in [2.45, 2.75) is 86.5 Å². The van der Waals surface area contributed by atoms with Crippen LogP contribution in [0.15, 0.2) is 72.8 Å². The SMILES string of the molecule is CN(Cc1ccccc1)[C@@H]1CC[C@@]2(O)C3Cc4ccc(OCc5ccccc5)c5c4[C@@]2(CCN3CC2(O)CC2)[C@H]1O5. The predicted octanol–water partition coefficient (Wildman–Crippen LogP) is 4.45. The van der Waals surface area contributed by atoms with Crippen LogP contribution in [0.2, 0.25) is 0 Å². The molecule has 3 fully saturated rings. The molecule has 1 spiro atoms. The highest BCUT2D eigenvalue weighted by atomic mass is 16.5. The van der Waals surface area contributed by atoms with Crippen molar-refractivity contribution in [1.82, 2.24) is 9.80 Å². The first-order valence-electron chi connectivity index (χ1n) is 15.3. The normalized spacial score (nSPS) is 32.3. The topological polar surface area (TPSA) is 65.4 Å². The maximum absolute atomic E-state index is 12.9. The summed E-state index contributed by atoms with van der Waals surface area (Å²) in [6.07, 6.45) is 4.74. The third-order valence-electron chi connectivity index (χ3n) is 10.9. The van der Waals surface area contributed by atoms with Gasteiger partial charge in [-0.2, -0.15) is 0 Å². The molecule has 214 valence electrons. The lowest BCUT2D eigenvalue weighted by atomic mass is 9.48. The highest BCUT2D eigenvalue weighted by Gasteiger charge is 2.73. The Bertz CT molecular complexity index is 1440. The first-order chi connectivity index (χ1) is 19.9. The number of piperidine rings is 1. The summed E-state index contributed by atoms with van der Waals surface area (Å²) in [4.78, 5) is 4.84. The highest BCUT2D eigenvalue weighted by molar-refractivity contribution is 5.63. The van der Waals surface area contributed by atoms with Gasteiger partial charge in [-0.25, -0.2) is 0 Å². The maximum Gasteiger partial charge on any atom is 0.166 e. The lowest BCUT2D eigenvalue weighted by Gasteiger charge is -2.65. The number of benzene rings is 3. The summed E-state index contributed by atoms with van der Waals surface area (Å²) >= 11 is 0. The Morgan fingerprint density at radius 3 is 2.39 bits per heavy atom. The molecule has 8 rings (SSSR count). The fourth-order valence-corrected chi connectivity index (χ4v) is 8.75. The van der Waals surface area contributed by atoms with Crippen LogP contribution in [-0.4, -0.2) is 69.5 Å². The zero-order chi connectivity index (χ0) is 27.8. The smallest absolute Gasteiger partial charge is 0.166 e. The molecule has 2 aliphatic heterocycles. The molecule has 5 aliphatic rings. The van der Waals surface area contributed by atoms with Crippen LogP contribution in [0.4, 0.5) is 0 Å². The summed E-state index contributed by atoms with van der Waals surface area (Å²) in [6, 6.07) is 25.3. The van der Waals surface area contributed by atoms with Gasteiger partial charge in [0.05, 0.1) is 16.6 Å². The molecule has 2 bridgehead atoms. The lowest BCUT2D eigenvalue weighted by molar-refractivity contribution is -0.203. The Labute approximate surface area is 242 Å². The summed E-state index contributed by atoms with van der Waals surface area (Å²) in [5.41, 5.74) is 2.86. The summed E-state index contributed by atoms with van der Waals surface area (Å²) in [7, 11) is 2.21. The van der Waals surface area contributed by atoms with Crippen molar-refractivity contribution in [2.24, 2.45) is 0 Å². The Morgan fingerprint density at radius 1 is 0.927 bits per heavy atom. The van der Waals surface area contributed by atoms with Crippen molar-refractivity contribution >= 4 is 0 Å². The standard InChI is InChI=1S/C35H40N2O4/c1-36(21-24-8-4-2-5-9-24)27-14-15-35(39)29-20-26-12-13-28(40-22-25-10-6-3-7-11-25)31-30(26)34(35,32(27)41-31)18-19-37(29)23-33(38)16-17-33/h2-13,27,29,32,38-39H,14-23H2,1H3/t27-,29?,32+,34+,35-/m1/s1. The third kappa shape index (κ3) is 3.91. The lowest BCUT2D eigenvalue weighted by Crippen LogP contribution is -2.78. The fraction of sp³-hybridized carbons (Fsp3) is 0.486. The molecule has 1 unspecified atom stereocenters.